The van der Waals surface area contributed by atoms with E-state index in [9.17, 15) is 4.79 Å². The van der Waals surface area contributed by atoms with Crippen molar-refractivity contribution < 1.29 is 9.53 Å². The Hall–Kier alpha value is -1.37. The Bertz CT molecular complexity index is 411. The lowest BCUT2D eigenvalue weighted by Crippen LogP contribution is -2.47. The average Bonchev–Trinajstić information content (AvgIpc) is 2.37. The lowest BCUT2D eigenvalue weighted by Gasteiger charge is -2.11. The molecule has 0 atom stereocenters. The number of hydrogen-bond donors (Lipinski definition) is 3. The van der Waals surface area contributed by atoms with Gasteiger partial charge in [-0.05, 0) is 36.5 Å². The number of amides is 1. The Kier molecular flexibility index (Phi) is 6.42. The summed E-state index contributed by atoms with van der Waals surface area (Å²) in [5, 5.41) is 3.77. The van der Waals surface area contributed by atoms with Gasteiger partial charge in [-0.3, -0.25) is 15.6 Å². The lowest BCUT2D eigenvalue weighted by molar-refractivity contribution is 0.0943. The largest absolute Gasteiger partial charge is 0.383 e. The van der Waals surface area contributed by atoms with Gasteiger partial charge >= 0.3 is 0 Å². The molecule has 5 nitrogen and oxygen atoms in total. The van der Waals surface area contributed by atoms with Gasteiger partial charge in [0.05, 0.1) is 6.61 Å². The summed E-state index contributed by atoms with van der Waals surface area (Å²) in [6.07, 6.45) is 0. The fourth-order valence-electron chi connectivity index (χ4n) is 1.10. The van der Waals surface area contributed by atoms with Gasteiger partial charge in [0.2, 0.25) is 0 Å². The average molecular weight is 288 g/mol. The van der Waals surface area contributed by atoms with Crippen LogP contribution in [0, 0.1) is 0 Å². The van der Waals surface area contributed by atoms with Gasteiger partial charge in [-0.25, -0.2) is 0 Å². The minimum absolute atomic E-state index is 0.289. The second kappa shape index (κ2) is 7.86. The van der Waals surface area contributed by atoms with Gasteiger partial charge in [0.25, 0.3) is 5.91 Å². The van der Waals surface area contributed by atoms with E-state index in [2.05, 4.69) is 16.2 Å². The molecule has 3 N–H and O–H groups in total. The maximum Gasteiger partial charge on any atom is 0.269 e. The van der Waals surface area contributed by atoms with Crippen LogP contribution in [-0.4, -0.2) is 31.3 Å². The second-order valence-electron chi connectivity index (χ2n) is 3.33. The number of nitrogens with one attached hydrogen (secondary N) is 3. The summed E-state index contributed by atoms with van der Waals surface area (Å²) in [5.41, 5.74) is 5.55. The van der Waals surface area contributed by atoms with E-state index in [1.54, 1.807) is 31.4 Å². The standard InChI is InChI=1S/C11H14ClN3O2S/c1-17-7-6-13-11(18)15-14-10(16)8-2-4-9(12)5-3-8/h2-5H,6-7H2,1H3,(H,14,16)(H2,13,15,18). The summed E-state index contributed by atoms with van der Waals surface area (Å²) in [5.74, 6) is -0.289. The summed E-state index contributed by atoms with van der Waals surface area (Å²) in [6, 6.07) is 6.54. The summed E-state index contributed by atoms with van der Waals surface area (Å²) in [6.45, 7) is 1.10. The number of carbonyl (C=O) groups excluding carboxylic acids is 1. The van der Waals surface area contributed by atoms with Crippen LogP contribution in [0.1, 0.15) is 10.4 Å². The lowest BCUT2D eigenvalue weighted by atomic mass is 10.2. The Morgan fingerprint density at radius 2 is 2.00 bits per heavy atom. The van der Waals surface area contributed by atoms with Crippen LogP contribution in [0.25, 0.3) is 0 Å². The van der Waals surface area contributed by atoms with Gasteiger partial charge in [-0.1, -0.05) is 11.6 Å². The molecule has 1 amide bonds. The minimum Gasteiger partial charge on any atom is -0.383 e. The predicted molar refractivity (Wildman–Crippen MR) is 74.5 cm³/mol. The Balaban J connectivity index is 2.32. The Morgan fingerprint density at radius 1 is 1.33 bits per heavy atom. The first-order chi connectivity index (χ1) is 8.63. The van der Waals surface area contributed by atoms with E-state index in [0.29, 0.717) is 28.9 Å². The van der Waals surface area contributed by atoms with Gasteiger partial charge in [-0.2, -0.15) is 0 Å². The first-order valence-electron chi connectivity index (χ1n) is 5.22. The zero-order valence-electron chi connectivity index (χ0n) is 9.83. The van der Waals surface area contributed by atoms with Gasteiger partial charge < -0.3 is 10.1 Å². The van der Waals surface area contributed by atoms with Crippen molar-refractivity contribution in [2.45, 2.75) is 0 Å². The molecular weight excluding hydrogens is 274 g/mol. The first kappa shape index (κ1) is 14.7. The van der Waals surface area contributed by atoms with Crippen molar-refractivity contribution in [3.8, 4) is 0 Å². The summed E-state index contributed by atoms with van der Waals surface area (Å²) < 4.78 is 4.85. The number of methoxy groups -OCH3 is 1. The minimum atomic E-state index is -0.289. The van der Waals surface area contributed by atoms with E-state index in [1.807, 2.05) is 0 Å². The number of carbonyl (C=O) groups is 1. The summed E-state index contributed by atoms with van der Waals surface area (Å²) >= 11 is 10.7. The fraction of sp³-hybridized carbons (Fsp3) is 0.273. The van der Waals surface area contributed by atoms with Crippen molar-refractivity contribution in [2.24, 2.45) is 0 Å². The highest BCUT2D eigenvalue weighted by Crippen LogP contribution is 2.08. The van der Waals surface area contributed by atoms with Crippen LogP contribution in [0.3, 0.4) is 0 Å². The van der Waals surface area contributed by atoms with Crippen molar-refractivity contribution in [3.05, 3.63) is 34.9 Å². The summed E-state index contributed by atoms with van der Waals surface area (Å²) in [7, 11) is 1.60. The Morgan fingerprint density at radius 3 is 2.61 bits per heavy atom. The van der Waals surface area contributed by atoms with Crippen LogP contribution in [0.5, 0.6) is 0 Å². The molecule has 0 radical (unpaired) electrons. The number of hydrogen-bond acceptors (Lipinski definition) is 3. The maximum atomic E-state index is 11.7. The normalized spacial score (nSPS) is 9.67. The molecule has 0 aromatic heterocycles. The van der Waals surface area contributed by atoms with Crippen LogP contribution in [0.15, 0.2) is 24.3 Å². The van der Waals surface area contributed by atoms with Crippen LogP contribution in [0.2, 0.25) is 5.02 Å². The fourth-order valence-corrected chi connectivity index (χ4v) is 1.38. The number of ether oxygens (including phenoxy) is 1. The zero-order valence-corrected chi connectivity index (χ0v) is 11.4. The van der Waals surface area contributed by atoms with Crippen molar-refractivity contribution in [1.29, 1.82) is 0 Å². The van der Waals surface area contributed by atoms with E-state index in [0.717, 1.165) is 0 Å². The molecule has 1 rings (SSSR count). The number of rotatable bonds is 4. The highest BCUT2D eigenvalue weighted by molar-refractivity contribution is 7.80. The van der Waals surface area contributed by atoms with Crippen molar-refractivity contribution in [3.63, 3.8) is 0 Å². The summed E-state index contributed by atoms with van der Waals surface area (Å²) in [4.78, 5) is 11.7. The molecule has 0 heterocycles. The van der Waals surface area contributed by atoms with Crippen LogP contribution >= 0.6 is 23.8 Å². The molecule has 0 saturated heterocycles. The molecule has 0 saturated carbocycles. The molecule has 0 bridgehead atoms. The van der Waals surface area contributed by atoms with Gasteiger partial charge in [0.1, 0.15) is 0 Å². The first-order valence-corrected chi connectivity index (χ1v) is 6.01. The monoisotopic (exact) mass is 287 g/mol. The molecule has 7 heteroatoms. The van der Waals surface area contributed by atoms with Crippen molar-refractivity contribution in [1.82, 2.24) is 16.2 Å². The third-order valence-electron chi connectivity index (χ3n) is 1.99. The number of benzene rings is 1. The second-order valence-corrected chi connectivity index (χ2v) is 4.18. The van der Waals surface area contributed by atoms with E-state index in [4.69, 9.17) is 28.6 Å². The van der Waals surface area contributed by atoms with Crippen LogP contribution in [-0.2, 0) is 4.74 Å². The molecule has 0 aliphatic rings. The Labute approximate surface area is 116 Å². The quantitative estimate of drug-likeness (QED) is 0.440. The number of hydrazine groups is 1. The van der Waals surface area contributed by atoms with Gasteiger partial charge in [0.15, 0.2) is 5.11 Å². The number of halogens is 1. The number of thiocarbonyl (C=S) groups is 1. The highest BCUT2D eigenvalue weighted by Gasteiger charge is 2.04. The van der Waals surface area contributed by atoms with Gasteiger partial charge in [-0.15, -0.1) is 0 Å². The van der Waals surface area contributed by atoms with Crippen LogP contribution in [0.4, 0.5) is 0 Å². The SMILES string of the molecule is COCCNC(=S)NNC(=O)c1ccc(Cl)cc1. The van der Waals surface area contributed by atoms with E-state index in [1.165, 1.54) is 0 Å². The van der Waals surface area contributed by atoms with Crippen molar-refractivity contribution in [2.75, 3.05) is 20.3 Å². The third kappa shape index (κ3) is 5.31. The highest BCUT2D eigenvalue weighted by atomic mass is 35.5. The smallest absolute Gasteiger partial charge is 0.269 e. The van der Waals surface area contributed by atoms with E-state index < -0.39 is 0 Å². The molecule has 0 aliphatic heterocycles. The third-order valence-corrected chi connectivity index (χ3v) is 2.49. The molecule has 0 fully saturated rings. The molecule has 0 aliphatic carbocycles. The molecule has 0 unspecified atom stereocenters. The molecule has 98 valence electrons. The maximum absolute atomic E-state index is 11.7. The van der Waals surface area contributed by atoms with Crippen LogP contribution < -0.4 is 16.2 Å². The zero-order chi connectivity index (χ0) is 13.4. The molecular formula is C11H14ClN3O2S. The predicted octanol–water partition coefficient (Wildman–Crippen LogP) is 1.10. The molecule has 0 spiro atoms. The topological polar surface area (TPSA) is 62.4 Å². The molecule has 18 heavy (non-hydrogen) atoms. The van der Waals surface area contributed by atoms with E-state index >= 15 is 0 Å². The van der Waals surface area contributed by atoms with Gasteiger partial charge in [0, 0.05) is 24.2 Å². The van der Waals surface area contributed by atoms with Crippen molar-refractivity contribution >= 4 is 34.8 Å². The molecule has 1 aromatic carbocycles. The molecule has 1 aromatic rings. The van der Waals surface area contributed by atoms with E-state index in [-0.39, 0.29) is 5.91 Å².